The van der Waals surface area contributed by atoms with E-state index in [9.17, 15) is 4.79 Å². The van der Waals surface area contributed by atoms with E-state index >= 15 is 0 Å². The Morgan fingerprint density at radius 2 is 2.17 bits per heavy atom. The molecule has 0 atom stereocenters. The molecule has 0 spiro atoms. The molecule has 0 saturated heterocycles. The Balaban J connectivity index is 1.58. The molecule has 0 aliphatic carbocycles. The van der Waals surface area contributed by atoms with Crippen molar-refractivity contribution in [3.05, 3.63) is 47.7 Å². The van der Waals surface area contributed by atoms with Crippen molar-refractivity contribution in [2.45, 2.75) is 19.9 Å². The molecule has 0 aliphatic heterocycles. The van der Waals surface area contributed by atoms with Gasteiger partial charge in [0.25, 0.3) is 0 Å². The van der Waals surface area contributed by atoms with Crippen LogP contribution in [0.5, 0.6) is 5.75 Å². The second kappa shape index (κ2) is 6.95. The number of methoxy groups -OCH3 is 1. The van der Waals surface area contributed by atoms with Crippen LogP contribution in [0.15, 0.2) is 39.3 Å². The normalized spacial score (nSPS) is 10.6. The van der Waals surface area contributed by atoms with Gasteiger partial charge >= 0.3 is 0 Å². The van der Waals surface area contributed by atoms with Gasteiger partial charge in [-0.2, -0.15) is 0 Å². The van der Waals surface area contributed by atoms with E-state index < -0.39 is 0 Å². The highest BCUT2D eigenvalue weighted by molar-refractivity contribution is 5.77. The molecule has 0 radical (unpaired) electrons. The smallest absolute Gasteiger partial charge is 0.247 e. The topological polar surface area (TPSA) is 103 Å². The van der Waals surface area contributed by atoms with E-state index in [1.165, 1.54) is 0 Å². The predicted molar refractivity (Wildman–Crippen MR) is 83.1 cm³/mol. The van der Waals surface area contributed by atoms with Gasteiger partial charge in [-0.05, 0) is 25.1 Å². The Hall–Kier alpha value is -3.16. The zero-order valence-corrected chi connectivity index (χ0v) is 13.3. The third kappa shape index (κ3) is 3.78. The molecule has 0 bridgehead atoms. The van der Waals surface area contributed by atoms with Crippen molar-refractivity contribution < 1.29 is 18.5 Å². The van der Waals surface area contributed by atoms with E-state index in [1.807, 2.05) is 18.2 Å². The fourth-order valence-electron chi connectivity index (χ4n) is 2.10. The molecule has 1 amide bonds. The Kier molecular flexibility index (Phi) is 4.55. The minimum atomic E-state index is -0.204. The number of rotatable bonds is 6. The first kappa shape index (κ1) is 15.7. The summed E-state index contributed by atoms with van der Waals surface area (Å²) in [6.45, 7) is 1.92. The van der Waals surface area contributed by atoms with E-state index in [1.54, 1.807) is 26.2 Å². The van der Waals surface area contributed by atoms with Gasteiger partial charge in [0.2, 0.25) is 17.7 Å². The Morgan fingerprint density at radius 1 is 1.29 bits per heavy atom. The van der Waals surface area contributed by atoms with E-state index in [0.717, 1.165) is 5.56 Å². The number of carbonyl (C=O) groups excluding carboxylic acids is 1. The van der Waals surface area contributed by atoms with Crippen molar-refractivity contribution >= 4 is 5.91 Å². The quantitative estimate of drug-likeness (QED) is 0.737. The molecule has 124 valence electrons. The molecule has 8 heteroatoms. The molecule has 0 fully saturated rings. The molecule has 3 rings (SSSR count). The third-order valence-corrected chi connectivity index (χ3v) is 3.24. The van der Waals surface area contributed by atoms with Crippen LogP contribution in [0, 0.1) is 6.92 Å². The fraction of sp³-hybridized carbons (Fsp3) is 0.250. The van der Waals surface area contributed by atoms with Crippen molar-refractivity contribution in [1.82, 2.24) is 20.7 Å². The van der Waals surface area contributed by atoms with Crippen LogP contribution in [0.4, 0.5) is 0 Å². The number of aryl methyl sites for hydroxylation is 1. The number of hydrogen-bond acceptors (Lipinski definition) is 7. The van der Waals surface area contributed by atoms with Crippen molar-refractivity contribution in [2.24, 2.45) is 0 Å². The lowest BCUT2D eigenvalue weighted by Crippen LogP contribution is -2.24. The number of benzene rings is 1. The van der Waals surface area contributed by atoms with E-state index in [0.29, 0.717) is 29.0 Å². The summed E-state index contributed by atoms with van der Waals surface area (Å²) in [7, 11) is 1.59. The van der Waals surface area contributed by atoms with Crippen molar-refractivity contribution in [1.29, 1.82) is 0 Å². The van der Waals surface area contributed by atoms with E-state index in [2.05, 4.69) is 20.7 Å². The van der Waals surface area contributed by atoms with Crippen molar-refractivity contribution in [2.75, 3.05) is 7.11 Å². The summed E-state index contributed by atoms with van der Waals surface area (Å²) in [6, 6.07) is 9.01. The SMILES string of the molecule is COc1cccc(-c2nnc(CNC(=O)Cc3cc(C)on3)o2)c1. The van der Waals surface area contributed by atoms with Crippen LogP contribution in [-0.2, 0) is 17.8 Å². The maximum Gasteiger partial charge on any atom is 0.247 e. The van der Waals surface area contributed by atoms with Crippen LogP contribution in [0.1, 0.15) is 17.3 Å². The lowest BCUT2D eigenvalue weighted by molar-refractivity contribution is -0.120. The molecule has 2 heterocycles. The second-order valence-corrected chi connectivity index (χ2v) is 5.12. The highest BCUT2D eigenvalue weighted by Gasteiger charge is 2.12. The molecule has 1 aromatic carbocycles. The number of amides is 1. The first-order valence-corrected chi connectivity index (χ1v) is 7.30. The maximum atomic E-state index is 11.9. The maximum absolute atomic E-state index is 11.9. The van der Waals surface area contributed by atoms with Gasteiger partial charge in [0.05, 0.1) is 25.8 Å². The van der Waals surface area contributed by atoms with Crippen LogP contribution in [-0.4, -0.2) is 28.4 Å². The summed E-state index contributed by atoms with van der Waals surface area (Å²) in [4.78, 5) is 11.9. The number of nitrogens with one attached hydrogen (secondary N) is 1. The van der Waals surface area contributed by atoms with E-state index in [-0.39, 0.29) is 18.9 Å². The van der Waals surface area contributed by atoms with Gasteiger partial charge in [-0.1, -0.05) is 11.2 Å². The zero-order valence-electron chi connectivity index (χ0n) is 13.3. The lowest BCUT2D eigenvalue weighted by atomic mass is 10.2. The van der Waals surface area contributed by atoms with Gasteiger partial charge in [0.15, 0.2) is 0 Å². The average molecular weight is 328 g/mol. The largest absolute Gasteiger partial charge is 0.497 e. The second-order valence-electron chi connectivity index (χ2n) is 5.12. The highest BCUT2D eigenvalue weighted by atomic mass is 16.5. The van der Waals surface area contributed by atoms with Gasteiger partial charge in [0, 0.05) is 11.6 Å². The molecule has 2 aromatic heterocycles. The molecule has 3 aromatic rings. The van der Waals surface area contributed by atoms with Crippen LogP contribution in [0.2, 0.25) is 0 Å². The van der Waals surface area contributed by atoms with E-state index in [4.69, 9.17) is 13.7 Å². The lowest BCUT2D eigenvalue weighted by Gasteiger charge is -2.01. The molecule has 1 N–H and O–H groups in total. The Labute approximate surface area is 137 Å². The minimum absolute atomic E-state index is 0.133. The number of carbonyl (C=O) groups is 1. The van der Waals surface area contributed by atoms with Gasteiger partial charge in [-0.3, -0.25) is 4.79 Å². The Bertz CT molecular complexity index is 840. The summed E-state index contributed by atoms with van der Waals surface area (Å²) in [5, 5.41) is 14.4. The molecule has 8 nitrogen and oxygen atoms in total. The average Bonchev–Trinajstić information content (AvgIpc) is 3.22. The Morgan fingerprint density at radius 3 is 2.92 bits per heavy atom. The number of aromatic nitrogens is 3. The molecule has 0 saturated carbocycles. The standard InChI is InChI=1S/C16H16N4O4/c1-10-6-12(20-24-10)8-14(21)17-9-15-18-19-16(23-15)11-4-3-5-13(7-11)22-2/h3-7H,8-9H2,1-2H3,(H,17,21). The first-order valence-electron chi connectivity index (χ1n) is 7.30. The summed E-state index contributed by atoms with van der Waals surface area (Å²) in [5.41, 5.74) is 1.32. The van der Waals surface area contributed by atoms with Crippen LogP contribution in [0.3, 0.4) is 0 Å². The summed E-state index contributed by atoms with van der Waals surface area (Å²) < 4.78 is 15.6. The fourth-order valence-corrected chi connectivity index (χ4v) is 2.10. The van der Waals surface area contributed by atoms with Crippen molar-refractivity contribution in [3.8, 4) is 17.2 Å². The molecule has 0 unspecified atom stereocenters. The highest BCUT2D eigenvalue weighted by Crippen LogP contribution is 2.22. The number of ether oxygens (including phenoxy) is 1. The summed E-state index contributed by atoms with van der Waals surface area (Å²) in [6.07, 6.45) is 0.133. The molecule has 24 heavy (non-hydrogen) atoms. The first-order chi connectivity index (χ1) is 11.6. The van der Waals surface area contributed by atoms with Crippen molar-refractivity contribution in [3.63, 3.8) is 0 Å². The minimum Gasteiger partial charge on any atom is -0.497 e. The van der Waals surface area contributed by atoms with Crippen LogP contribution < -0.4 is 10.1 Å². The number of hydrogen-bond donors (Lipinski definition) is 1. The molecular formula is C16H16N4O4. The third-order valence-electron chi connectivity index (χ3n) is 3.24. The van der Waals surface area contributed by atoms with Crippen LogP contribution >= 0.6 is 0 Å². The molecule has 0 aliphatic rings. The predicted octanol–water partition coefficient (Wildman–Crippen LogP) is 1.90. The van der Waals surface area contributed by atoms with Gasteiger partial charge < -0.3 is 19.0 Å². The zero-order chi connectivity index (χ0) is 16.9. The van der Waals surface area contributed by atoms with Gasteiger partial charge in [-0.25, -0.2) is 0 Å². The van der Waals surface area contributed by atoms with Gasteiger partial charge in [0.1, 0.15) is 11.5 Å². The van der Waals surface area contributed by atoms with Crippen LogP contribution in [0.25, 0.3) is 11.5 Å². The monoisotopic (exact) mass is 328 g/mol. The summed E-state index contributed by atoms with van der Waals surface area (Å²) in [5.74, 6) is 1.84. The van der Waals surface area contributed by atoms with Gasteiger partial charge in [-0.15, -0.1) is 10.2 Å². The number of nitrogens with zero attached hydrogens (tertiary/aromatic N) is 3. The summed E-state index contributed by atoms with van der Waals surface area (Å²) >= 11 is 0. The molecular weight excluding hydrogens is 312 g/mol.